The van der Waals surface area contributed by atoms with Gasteiger partial charge in [-0.05, 0) is 40.8 Å². The number of rotatable bonds is 3. The molecular formula is C12H8BrCl2IN2O. The first-order valence-electron chi connectivity index (χ1n) is 5.19. The van der Waals surface area contributed by atoms with Gasteiger partial charge < -0.3 is 4.74 Å². The molecule has 0 unspecified atom stereocenters. The van der Waals surface area contributed by atoms with Gasteiger partial charge in [0.1, 0.15) is 5.15 Å². The summed E-state index contributed by atoms with van der Waals surface area (Å²) in [4.78, 5) is 8.72. The minimum absolute atomic E-state index is 0.377. The van der Waals surface area contributed by atoms with E-state index in [2.05, 4.69) is 48.5 Å². The summed E-state index contributed by atoms with van der Waals surface area (Å²) >= 11 is 17.8. The molecule has 0 atom stereocenters. The van der Waals surface area contributed by atoms with Crippen LogP contribution < -0.4 is 0 Å². The third-order valence-electron chi connectivity index (χ3n) is 2.33. The largest absolute Gasteiger partial charge is 0.378 e. The van der Waals surface area contributed by atoms with Crippen LogP contribution in [0.4, 0.5) is 0 Å². The first-order valence-corrected chi connectivity index (χ1v) is 7.82. The Balaban J connectivity index is 2.56. The maximum atomic E-state index is 6.20. The molecule has 0 aliphatic heterocycles. The Bertz CT molecular complexity index is 625. The highest BCUT2D eigenvalue weighted by molar-refractivity contribution is 14.1. The van der Waals surface area contributed by atoms with E-state index in [1.165, 1.54) is 0 Å². The SMILES string of the molecule is COCc1nc(-c2ccc(Br)cc2Cl)nc(Cl)c1I. The molecule has 0 saturated carbocycles. The van der Waals surface area contributed by atoms with Crippen molar-refractivity contribution in [2.45, 2.75) is 6.61 Å². The van der Waals surface area contributed by atoms with E-state index in [0.717, 1.165) is 19.3 Å². The lowest BCUT2D eigenvalue weighted by molar-refractivity contribution is 0.181. The fourth-order valence-electron chi connectivity index (χ4n) is 1.49. The van der Waals surface area contributed by atoms with Gasteiger partial charge in [-0.3, -0.25) is 0 Å². The monoisotopic (exact) mass is 472 g/mol. The van der Waals surface area contributed by atoms with Gasteiger partial charge >= 0.3 is 0 Å². The molecule has 7 heteroatoms. The van der Waals surface area contributed by atoms with Crippen LogP contribution in [0.2, 0.25) is 10.2 Å². The molecule has 0 spiro atoms. The molecule has 0 N–H and O–H groups in total. The van der Waals surface area contributed by atoms with Gasteiger partial charge in [0.05, 0.1) is 20.9 Å². The number of hydrogen-bond donors (Lipinski definition) is 0. The Morgan fingerprint density at radius 2 is 2.05 bits per heavy atom. The highest BCUT2D eigenvalue weighted by Crippen LogP contribution is 2.30. The summed E-state index contributed by atoms with van der Waals surface area (Å²) in [5.41, 5.74) is 1.48. The van der Waals surface area contributed by atoms with E-state index in [4.69, 9.17) is 27.9 Å². The molecule has 0 bridgehead atoms. The Labute approximate surface area is 143 Å². The number of methoxy groups -OCH3 is 1. The van der Waals surface area contributed by atoms with Crippen molar-refractivity contribution in [1.29, 1.82) is 0 Å². The minimum atomic E-state index is 0.377. The quantitative estimate of drug-likeness (QED) is 0.466. The maximum Gasteiger partial charge on any atom is 0.162 e. The average molecular weight is 474 g/mol. The van der Waals surface area contributed by atoms with E-state index >= 15 is 0 Å². The van der Waals surface area contributed by atoms with E-state index in [1.807, 2.05) is 12.1 Å². The Morgan fingerprint density at radius 1 is 1.32 bits per heavy atom. The second-order valence-electron chi connectivity index (χ2n) is 3.66. The van der Waals surface area contributed by atoms with Gasteiger partial charge in [0.15, 0.2) is 5.82 Å². The molecule has 0 saturated heterocycles. The average Bonchev–Trinajstić information content (AvgIpc) is 2.35. The lowest BCUT2D eigenvalue weighted by Crippen LogP contribution is -2.02. The van der Waals surface area contributed by atoms with Gasteiger partial charge in [-0.1, -0.05) is 39.1 Å². The van der Waals surface area contributed by atoms with Crippen molar-refractivity contribution in [2.24, 2.45) is 0 Å². The third-order valence-corrected chi connectivity index (χ3v) is 4.86. The fraction of sp³-hybridized carbons (Fsp3) is 0.167. The molecule has 0 fully saturated rings. The molecular weight excluding hydrogens is 466 g/mol. The molecule has 1 aromatic carbocycles. The van der Waals surface area contributed by atoms with Gasteiger partial charge in [-0.25, -0.2) is 9.97 Å². The van der Waals surface area contributed by atoms with E-state index in [-0.39, 0.29) is 0 Å². The molecule has 0 aliphatic rings. The summed E-state index contributed by atoms with van der Waals surface area (Å²) in [5, 5.41) is 0.964. The molecule has 3 nitrogen and oxygen atoms in total. The van der Waals surface area contributed by atoms with Crippen molar-refractivity contribution in [2.75, 3.05) is 7.11 Å². The van der Waals surface area contributed by atoms with Crippen LogP contribution in [0.25, 0.3) is 11.4 Å². The van der Waals surface area contributed by atoms with Crippen LogP contribution in [0.5, 0.6) is 0 Å². The summed E-state index contributed by atoms with van der Waals surface area (Å²) in [7, 11) is 1.61. The van der Waals surface area contributed by atoms with Crippen molar-refractivity contribution in [3.8, 4) is 11.4 Å². The molecule has 0 radical (unpaired) electrons. The lowest BCUT2D eigenvalue weighted by atomic mass is 10.2. The zero-order valence-corrected chi connectivity index (χ0v) is 15.0. The van der Waals surface area contributed by atoms with Crippen LogP contribution in [-0.4, -0.2) is 17.1 Å². The summed E-state index contributed by atoms with van der Waals surface area (Å²) in [6, 6.07) is 5.52. The van der Waals surface area contributed by atoms with Crippen LogP contribution >= 0.6 is 61.7 Å². The molecule has 0 amide bonds. The Kier molecular flexibility index (Phi) is 5.42. The summed E-state index contributed by atoms with van der Waals surface area (Å²) in [6.07, 6.45) is 0. The molecule has 2 rings (SSSR count). The van der Waals surface area contributed by atoms with Gasteiger partial charge in [-0.2, -0.15) is 0 Å². The molecule has 0 aliphatic carbocycles. The highest BCUT2D eigenvalue weighted by atomic mass is 127. The third kappa shape index (κ3) is 3.58. The zero-order valence-electron chi connectivity index (χ0n) is 9.75. The van der Waals surface area contributed by atoms with Gasteiger partial charge in [0.25, 0.3) is 0 Å². The fourth-order valence-corrected chi connectivity index (χ4v) is 2.83. The lowest BCUT2D eigenvalue weighted by Gasteiger charge is -2.09. The standard InChI is InChI=1S/C12H8BrCl2IN2O/c1-19-5-9-10(16)11(15)18-12(17-9)7-3-2-6(13)4-8(7)14/h2-4H,5H2,1H3. The van der Waals surface area contributed by atoms with Crippen LogP contribution in [0.3, 0.4) is 0 Å². The topological polar surface area (TPSA) is 35.0 Å². The normalized spacial score (nSPS) is 10.8. The summed E-state index contributed by atoms with van der Waals surface area (Å²) < 4.78 is 6.80. The minimum Gasteiger partial charge on any atom is -0.378 e. The van der Waals surface area contributed by atoms with Crippen LogP contribution in [0.1, 0.15) is 5.69 Å². The van der Waals surface area contributed by atoms with Crippen molar-refractivity contribution < 1.29 is 4.74 Å². The van der Waals surface area contributed by atoms with E-state index in [9.17, 15) is 0 Å². The number of ether oxygens (including phenoxy) is 1. The molecule has 2 aromatic rings. The van der Waals surface area contributed by atoms with Gasteiger partial charge in [0.2, 0.25) is 0 Å². The highest BCUT2D eigenvalue weighted by Gasteiger charge is 2.14. The number of hydrogen-bond acceptors (Lipinski definition) is 3. The number of benzene rings is 1. The van der Waals surface area contributed by atoms with E-state index < -0.39 is 0 Å². The first kappa shape index (κ1) is 15.4. The maximum absolute atomic E-state index is 6.20. The molecule has 1 heterocycles. The van der Waals surface area contributed by atoms with Gasteiger partial charge in [0, 0.05) is 17.1 Å². The molecule has 1 aromatic heterocycles. The predicted molar refractivity (Wildman–Crippen MR) is 88.6 cm³/mol. The second kappa shape index (κ2) is 6.67. The van der Waals surface area contributed by atoms with Crippen molar-refractivity contribution in [1.82, 2.24) is 9.97 Å². The van der Waals surface area contributed by atoms with Crippen LogP contribution in [0.15, 0.2) is 22.7 Å². The van der Waals surface area contributed by atoms with Crippen LogP contribution in [0, 0.1) is 3.57 Å². The summed E-state index contributed by atoms with van der Waals surface area (Å²) in [5.74, 6) is 0.495. The number of halogens is 4. The first-order chi connectivity index (χ1) is 9.02. The number of aromatic nitrogens is 2. The van der Waals surface area contributed by atoms with Gasteiger partial charge in [-0.15, -0.1) is 0 Å². The molecule has 19 heavy (non-hydrogen) atoms. The van der Waals surface area contributed by atoms with Crippen LogP contribution in [-0.2, 0) is 11.3 Å². The zero-order chi connectivity index (χ0) is 14.0. The second-order valence-corrected chi connectivity index (χ2v) is 6.42. The van der Waals surface area contributed by atoms with E-state index in [0.29, 0.717) is 22.6 Å². The van der Waals surface area contributed by atoms with Crippen molar-refractivity contribution in [3.05, 3.63) is 42.1 Å². The van der Waals surface area contributed by atoms with Crippen molar-refractivity contribution in [3.63, 3.8) is 0 Å². The van der Waals surface area contributed by atoms with E-state index in [1.54, 1.807) is 13.2 Å². The van der Waals surface area contributed by atoms with Crippen molar-refractivity contribution >= 4 is 61.7 Å². The molecule has 100 valence electrons. The Hall–Kier alpha value is 0.0500. The predicted octanol–water partition coefficient (Wildman–Crippen LogP) is 4.96. The Morgan fingerprint density at radius 3 is 2.68 bits per heavy atom. The summed E-state index contributed by atoms with van der Waals surface area (Å²) in [6.45, 7) is 0.377. The number of nitrogens with zero attached hydrogens (tertiary/aromatic N) is 2. The smallest absolute Gasteiger partial charge is 0.162 e.